The van der Waals surface area contributed by atoms with Crippen molar-refractivity contribution in [2.45, 2.75) is 25.3 Å². The highest BCUT2D eigenvalue weighted by Gasteiger charge is 2.23. The molecule has 0 aromatic carbocycles. The van der Waals surface area contributed by atoms with Crippen molar-refractivity contribution in [2.24, 2.45) is 0 Å². The number of nitrogens with zero attached hydrogens (tertiary/aromatic N) is 3. The molecule has 7 heteroatoms. The maximum atomic E-state index is 12.2. The molecule has 0 radical (unpaired) electrons. The third-order valence-electron chi connectivity index (χ3n) is 3.73. The standard InChI is InChI=1S/C14H22N4O.2ClH/c1-17(2)13-5-7-18(8-6-13)14(19)9-12-4-3-11(15)10-16-12;;/h3-4,10,13H,5-9,15H2,1-2H3;2*1H. The van der Waals surface area contributed by atoms with E-state index in [2.05, 4.69) is 24.0 Å². The van der Waals surface area contributed by atoms with Gasteiger partial charge in [-0.15, -0.1) is 24.8 Å². The molecule has 1 aromatic rings. The molecule has 1 saturated heterocycles. The van der Waals surface area contributed by atoms with Gasteiger partial charge in [-0.2, -0.15) is 0 Å². The summed E-state index contributed by atoms with van der Waals surface area (Å²) in [6.45, 7) is 1.69. The summed E-state index contributed by atoms with van der Waals surface area (Å²) in [5, 5.41) is 0. The number of rotatable bonds is 3. The summed E-state index contributed by atoms with van der Waals surface area (Å²) in [5.41, 5.74) is 7.00. The maximum Gasteiger partial charge on any atom is 0.228 e. The highest BCUT2D eigenvalue weighted by Crippen LogP contribution is 2.15. The van der Waals surface area contributed by atoms with Crippen molar-refractivity contribution in [3.05, 3.63) is 24.0 Å². The van der Waals surface area contributed by atoms with E-state index in [1.165, 1.54) is 0 Å². The molecular formula is C14H24Cl2N4O. The van der Waals surface area contributed by atoms with Gasteiger partial charge in [-0.1, -0.05) is 0 Å². The Morgan fingerprint density at radius 1 is 1.33 bits per heavy atom. The summed E-state index contributed by atoms with van der Waals surface area (Å²) < 4.78 is 0. The number of amides is 1. The molecule has 21 heavy (non-hydrogen) atoms. The quantitative estimate of drug-likeness (QED) is 0.911. The predicted molar refractivity (Wildman–Crippen MR) is 90.1 cm³/mol. The Balaban J connectivity index is 0.00000200. The van der Waals surface area contributed by atoms with Crippen molar-refractivity contribution in [2.75, 3.05) is 32.9 Å². The number of nitrogens with two attached hydrogens (primary N) is 1. The number of nitrogen functional groups attached to an aromatic ring is 1. The number of likely N-dealkylation sites (tertiary alicyclic amines) is 1. The molecule has 0 aliphatic carbocycles. The molecule has 0 bridgehead atoms. The van der Waals surface area contributed by atoms with Crippen molar-refractivity contribution in [3.8, 4) is 0 Å². The van der Waals surface area contributed by atoms with Gasteiger partial charge in [0.15, 0.2) is 0 Å². The molecule has 2 N–H and O–H groups in total. The van der Waals surface area contributed by atoms with Crippen LogP contribution in [0.4, 0.5) is 5.69 Å². The van der Waals surface area contributed by atoms with E-state index in [4.69, 9.17) is 5.73 Å². The normalized spacial score (nSPS) is 15.3. The summed E-state index contributed by atoms with van der Waals surface area (Å²) in [6.07, 6.45) is 4.07. The van der Waals surface area contributed by atoms with E-state index in [1.54, 1.807) is 12.3 Å². The fourth-order valence-electron chi connectivity index (χ4n) is 2.44. The second-order valence-corrected chi connectivity index (χ2v) is 5.34. The number of piperidine rings is 1. The van der Waals surface area contributed by atoms with Crippen LogP contribution in [0.15, 0.2) is 18.3 Å². The lowest BCUT2D eigenvalue weighted by Gasteiger charge is -2.35. The average Bonchev–Trinajstić information content (AvgIpc) is 2.41. The van der Waals surface area contributed by atoms with Crippen LogP contribution in [-0.2, 0) is 11.2 Å². The molecule has 1 aliphatic rings. The minimum atomic E-state index is 0. The minimum Gasteiger partial charge on any atom is -0.397 e. The monoisotopic (exact) mass is 334 g/mol. The smallest absolute Gasteiger partial charge is 0.228 e. The lowest BCUT2D eigenvalue weighted by Crippen LogP contribution is -2.45. The SMILES string of the molecule is CN(C)C1CCN(C(=O)Cc2ccc(N)cn2)CC1.Cl.Cl. The first-order chi connectivity index (χ1) is 9.06. The van der Waals surface area contributed by atoms with Gasteiger partial charge < -0.3 is 15.5 Å². The number of hydrogen-bond acceptors (Lipinski definition) is 4. The van der Waals surface area contributed by atoms with E-state index in [-0.39, 0.29) is 30.7 Å². The van der Waals surface area contributed by atoms with Gasteiger partial charge in [-0.05, 0) is 39.1 Å². The van der Waals surface area contributed by atoms with Gasteiger partial charge in [0, 0.05) is 24.8 Å². The van der Waals surface area contributed by atoms with Crippen LogP contribution < -0.4 is 5.73 Å². The molecule has 0 unspecified atom stereocenters. The average molecular weight is 335 g/mol. The Morgan fingerprint density at radius 2 is 1.95 bits per heavy atom. The Labute approximate surface area is 138 Å². The van der Waals surface area contributed by atoms with Gasteiger partial charge in [0.2, 0.25) is 5.91 Å². The van der Waals surface area contributed by atoms with Gasteiger partial charge in [-0.25, -0.2) is 0 Å². The molecule has 2 heterocycles. The van der Waals surface area contributed by atoms with E-state index in [0.717, 1.165) is 31.6 Å². The summed E-state index contributed by atoms with van der Waals surface area (Å²) >= 11 is 0. The third kappa shape index (κ3) is 5.69. The molecule has 1 aliphatic heterocycles. The number of aromatic nitrogens is 1. The summed E-state index contributed by atoms with van der Waals surface area (Å²) in [6, 6.07) is 4.20. The number of carbonyl (C=O) groups excluding carboxylic acids is 1. The van der Waals surface area contributed by atoms with Crippen LogP contribution in [0, 0.1) is 0 Å². The van der Waals surface area contributed by atoms with Crippen LogP contribution in [0.25, 0.3) is 0 Å². The summed E-state index contributed by atoms with van der Waals surface area (Å²) in [4.78, 5) is 20.5. The third-order valence-corrected chi connectivity index (χ3v) is 3.73. The van der Waals surface area contributed by atoms with Crippen LogP contribution in [-0.4, -0.2) is 53.9 Å². The molecule has 120 valence electrons. The molecule has 1 fully saturated rings. The van der Waals surface area contributed by atoms with Gasteiger partial charge in [0.05, 0.1) is 18.3 Å². The van der Waals surface area contributed by atoms with Crippen molar-refractivity contribution < 1.29 is 4.79 Å². The fourth-order valence-corrected chi connectivity index (χ4v) is 2.44. The first-order valence-electron chi connectivity index (χ1n) is 6.71. The van der Waals surface area contributed by atoms with E-state index in [0.29, 0.717) is 18.2 Å². The minimum absolute atomic E-state index is 0. The van der Waals surface area contributed by atoms with Crippen LogP contribution in [0.2, 0.25) is 0 Å². The number of hydrogen-bond donors (Lipinski definition) is 1. The Morgan fingerprint density at radius 3 is 2.43 bits per heavy atom. The summed E-state index contributed by atoms with van der Waals surface area (Å²) in [7, 11) is 4.20. The zero-order valence-electron chi connectivity index (χ0n) is 12.5. The predicted octanol–water partition coefficient (Wildman–Crippen LogP) is 1.60. The highest BCUT2D eigenvalue weighted by atomic mass is 35.5. The number of pyridine rings is 1. The molecule has 1 amide bonds. The van der Waals surface area contributed by atoms with Gasteiger partial charge in [0.1, 0.15) is 0 Å². The van der Waals surface area contributed by atoms with E-state index in [9.17, 15) is 4.79 Å². The van der Waals surface area contributed by atoms with Crippen LogP contribution >= 0.6 is 24.8 Å². The highest BCUT2D eigenvalue weighted by molar-refractivity contribution is 5.85. The topological polar surface area (TPSA) is 62.5 Å². The van der Waals surface area contributed by atoms with Gasteiger partial charge >= 0.3 is 0 Å². The molecule has 5 nitrogen and oxygen atoms in total. The van der Waals surface area contributed by atoms with Gasteiger partial charge in [0.25, 0.3) is 0 Å². The molecule has 0 spiro atoms. The second kappa shape index (κ2) is 9.07. The zero-order valence-corrected chi connectivity index (χ0v) is 14.1. The van der Waals surface area contributed by atoms with Crippen molar-refractivity contribution in [1.29, 1.82) is 0 Å². The van der Waals surface area contributed by atoms with E-state index < -0.39 is 0 Å². The molecule has 0 atom stereocenters. The lowest BCUT2D eigenvalue weighted by molar-refractivity contribution is -0.132. The Kier molecular flexibility index (Phi) is 8.63. The second-order valence-electron chi connectivity index (χ2n) is 5.34. The van der Waals surface area contributed by atoms with Gasteiger partial charge in [-0.3, -0.25) is 9.78 Å². The number of anilines is 1. The first kappa shape index (κ1) is 20.0. The lowest BCUT2D eigenvalue weighted by atomic mass is 10.0. The Hall–Kier alpha value is -1.04. The largest absolute Gasteiger partial charge is 0.397 e. The van der Waals surface area contributed by atoms with E-state index in [1.807, 2.05) is 11.0 Å². The molecule has 0 saturated carbocycles. The van der Waals surface area contributed by atoms with Crippen LogP contribution in [0.3, 0.4) is 0 Å². The maximum absolute atomic E-state index is 12.2. The zero-order chi connectivity index (χ0) is 13.8. The fraction of sp³-hybridized carbons (Fsp3) is 0.571. The summed E-state index contributed by atoms with van der Waals surface area (Å²) in [5.74, 6) is 0.162. The Bertz CT molecular complexity index is 431. The number of carbonyl (C=O) groups is 1. The van der Waals surface area contributed by atoms with Crippen molar-refractivity contribution >= 4 is 36.4 Å². The van der Waals surface area contributed by atoms with Crippen molar-refractivity contribution in [1.82, 2.24) is 14.8 Å². The van der Waals surface area contributed by atoms with Crippen molar-refractivity contribution in [3.63, 3.8) is 0 Å². The molecule has 1 aromatic heterocycles. The van der Waals surface area contributed by atoms with Crippen LogP contribution in [0.1, 0.15) is 18.5 Å². The van der Waals surface area contributed by atoms with Crippen LogP contribution in [0.5, 0.6) is 0 Å². The number of halogens is 2. The first-order valence-corrected chi connectivity index (χ1v) is 6.71. The molecular weight excluding hydrogens is 311 g/mol. The van der Waals surface area contributed by atoms with E-state index >= 15 is 0 Å². The molecule has 2 rings (SSSR count).